The first-order valence-corrected chi connectivity index (χ1v) is 25.1. The second-order valence-corrected chi connectivity index (χ2v) is 25.5. The standard InChI is InChI=1S/C65H6O/c66-5-2-3-1-4(5)65-62-56-50-40-32-22-14-10-7-6-8-12(14)20-28(22)42(50)48-38-30(20)24-16(8)17-9(6)13-15-11(7)19-18(10)26(32)36-37-27(19)33-23(15)29-21(13)31-25(17)35-34(24)44(38)52-53-45(35)39(31)49-43(29)51-41(33)47(37)59(58(62)46(36)40)63(65)57(51)55(49)61(53)64(3,65)60(52)54(48)56/h3-4H,1-2H2/t3-,4+,64?,65?/m1/s1. The monoisotopic (exact) mass is 802 g/mol. The van der Waals surface area contributed by atoms with Crippen LogP contribution in [0.25, 0.3) is 291 Å². The first-order chi connectivity index (χ1) is 32.9. The third-order valence-electron chi connectivity index (χ3n) is 25.9. The lowest BCUT2D eigenvalue weighted by Crippen LogP contribution is -2.57. The summed E-state index contributed by atoms with van der Waals surface area (Å²) in [6.07, 6.45) is 1.81. The van der Waals surface area contributed by atoms with Crippen molar-refractivity contribution in [3.05, 3.63) is 22.3 Å². The summed E-state index contributed by atoms with van der Waals surface area (Å²) in [6.45, 7) is 0. The molecule has 2 atom stereocenters. The lowest BCUT2D eigenvalue weighted by atomic mass is 9.44. The van der Waals surface area contributed by atoms with Crippen LogP contribution in [0.5, 0.6) is 0 Å². The van der Waals surface area contributed by atoms with E-state index in [0.29, 0.717) is 11.7 Å². The summed E-state index contributed by atoms with van der Waals surface area (Å²) >= 11 is 0. The molecule has 0 unspecified atom stereocenters. The lowest BCUT2D eigenvalue weighted by Gasteiger charge is -2.56. The van der Waals surface area contributed by atoms with Gasteiger partial charge in [-0.2, -0.15) is 0 Å². The molecule has 0 heterocycles. The molecule has 0 saturated heterocycles. The maximum Gasteiger partial charge on any atom is 0.137 e. The van der Waals surface area contributed by atoms with E-state index in [2.05, 4.69) is 0 Å². The van der Waals surface area contributed by atoms with E-state index in [0.717, 1.165) is 12.8 Å². The first kappa shape index (κ1) is 23.4. The molecule has 0 radical (unpaired) electrons. The third-order valence-corrected chi connectivity index (χ3v) is 25.9. The van der Waals surface area contributed by atoms with Crippen LogP contribution in [0.1, 0.15) is 35.1 Å². The summed E-state index contributed by atoms with van der Waals surface area (Å²) in [4.78, 5) is 15.6. The van der Waals surface area contributed by atoms with Crippen LogP contribution in [-0.4, -0.2) is 5.78 Å². The van der Waals surface area contributed by atoms with Crippen molar-refractivity contribution in [2.75, 3.05) is 0 Å². The van der Waals surface area contributed by atoms with Crippen LogP contribution in [0.15, 0.2) is 0 Å². The molecule has 0 aliphatic heterocycles. The van der Waals surface area contributed by atoms with E-state index < -0.39 is 0 Å². The fraction of sp³-hybridized carbons (Fsp3) is 0.0923. The van der Waals surface area contributed by atoms with Gasteiger partial charge in [0.15, 0.2) is 0 Å². The molecule has 6 aliphatic rings. The highest BCUT2D eigenvalue weighted by Gasteiger charge is 2.80. The van der Waals surface area contributed by atoms with Crippen molar-refractivity contribution in [3.8, 4) is 0 Å². The number of hydrogen-bond donors (Lipinski definition) is 0. The minimum Gasteiger partial charge on any atom is -0.299 e. The summed E-state index contributed by atoms with van der Waals surface area (Å²) in [7, 11) is 0. The first-order valence-electron chi connectivity index (χ1n) is 25.1. The number of rotatable bonds is 0. The summed E-state index contributed by atoms with van der Waals surface area (Å²) in [5.74, 6) is 0.937. The molecular formula is C65H6O. The predicted molar refractivity (Wildman–Crippen MR) is 275 cm³/mol. The van der Waals surface area contributed by atoms with Gasteiger partial charge in [-0.15, -0.1) is 0 Å². The summed E-state index contributed by atoms with van der Waals surface area (Å²) in [5, 5.41) is 88.9. The Hall–Kier alpha value is -7.87. The van der Waals surface area contributed by atoms with Crippen molar-refractivity contribution in [2.24, 2.45) is 11.8 Å². The molecule has 6 aliphatic carbocycles. The topological polar surface area (TPSA) is 17.1 Å². The van der Waals surface area contributed by atoms with Crippen LogP contribution in [0.2, 0.25) is 0 Å². The van der Waals surface area contributed by atoms with E-state index in [1.54, 1.807) is 313 Å². The second kappa shape index (κ2) is 5.03. The molecule has 2 bridgehead atoms. The van der Waals surface area contributed by atoms with E-state index in [-0.39, 0.29) is 16.7 Å². The zero-order valence-corrected chi connectivity index (χ0v) is 33.5. The largest absolute Gasteiger partial charge is 0.299 e. The van der Waals surface area contributed by atoms with Gasteiger partial charge in [0.2, 0.25) is 0 Å². The second-order valence-electron chi connectivity index (χ2n) is 25.5. The summed E-state index contributed by atoms with van der Waals surface area (Å²) < 4.78 is 0. The molecule has 1 heteroatoms. The SMILES string of the molecule is O=C1C[C@H]2C[C@@H]1C13c4c5c6c7c8c9c(c%10c%11c1c1c4c4c%12c5c5c6c6c8c8c%13c9c9c%10c%10c%11c%11c1c1c4c4c%12c%12c5c5c6c8c6c8c%13c9c9c%10c%10c%11c1c1c4c4c%12c5c6c5c8c9c%10c1c45)C723. The van der Waals surface area contributed by atoms with Crippen molar-refractivity contribution < 1.29 is 4.79 Å². The maximum absolute atomic E-state index is 15.6. The predicted octanol–water partition coefficient (Wildman–Crippen LogP) is 16.9. The van der Waals surface area contributed by atoms with Gasteiger partial charge in [0.25, 0.3) is 0 Å². The average Bonchev–Trinajstić information content (AvgIpc) is 4.15. The third kappa shape index (κ3) is 1.13. The fourth-order valence-electron chi connectivity index (χ4n) is 26.4. The smallest absolute Gasteiger partial charge is 0.137 e. The molecule has 28 aromatic rings. The molecule has 272 valence electrons. The summed E-state index contributed by atoms with van der Waals surface area (Å²) in [6, 6.07) is 0. The highest BCUT2D eigenvalue weighted by atomic mass is 16.1. The van der Waals surface area contributed by atoms with Crippen LogP contribution in [0.3, 0.4) is 0 Å². The number of fused-ring (bicyclic) bond motifs is 2. The Bertz CT molecular complexity index is 6950. The van der Waals surface area contributed by atoms with Gasteiger partial charge < -0.3 is 0 Å². The quantitative estimate of drug-likeness (QED) is 0.140. The number of hydrogen-bond acceptors (Lipinski definition) is 1. The zero-order chi connectivity index (χ0) is 38.6. The van der Waals surface area contributed by atoms with Gasteiger partial charge in [-0.3, -0.25) is 4.79 Å². The van der Waals surface area contributed by atoms with Crippen LogP contribution >= 0.6 is 0 Å². The molecule has 66 heavy (non-hydrogen) atoms. The Morgan fingerprint density at radius 3 is 0.545 bits per heavy atom. The van der Waals surface area contributed by atoms with E-state index >= 15 is 4.79 Å². The highest BCUT2D eigenvalue weighted by molar-refractivity contribution is 6.82. The van der Waals surface area contributed by atoms with Gasteiger partial charge in [0, 0.05) is 23.2 Å². The molecule has 2 saturated carbocycles. The molecule has 0 aromatic heterocycles. The number of carbonyl (C=O) groups is 1. The van der Waals surface area contributed by atoms with Crippen molar-refractivity contribution >= 4 is 297 Å². The Labute approximate surface area is 357 Å². The number of Topliss-reactive ketones (excluding diaryl/α,β-unsaturated/α-hetero) is 1. The van der Waals surface area contributed by atoms with Gasteiger partial charge in [-0.05, 0) is 325 Å². The molecule has 0 N–H and O–H groups in total. The van der Waals surface area contributed by atoms with Crippen molar-refractivity contribution in [1.29, 1.82) is 0 Å². The van der Waals surface area contributed by atoms with Crippen LogP contribution < -0.4 is 0 Å². The van der Waals surface area contributed by atoms with Crippen molar-refractivity contribution in [1.82, 2.24) is 0 Å². The number of ketones is 1. The van der Waals surface area contributed by atoms with E-state index in [1.807, 2.05) is 0 Å². The molecule has 1 nitrogen and oxygen atoms in total. The minimum atomic E-state index is -0.363. The molecule has 34 rings (SSSR count). The fourth-order valence-corrected chi connectivity index (χ4v) is 26.4. The Morgan fingerprint density at radius 1 is 0.212 bits per heavy atom. The molecule has 2 fully saturated rings. The van der Waals surface area contributed by atoms with Crippen LogP contribution in [0.4, 0.5) is 0 Å². The van der Waals surface area contributed by atoms with Gasteiger partial charge in [0.1, 0.15) is 5.78 Å². The molecule has 28 aromatic carbocycles. The highest BCUT2D eigenvalue weighted by Crippen LogP contribution is 2.89. The number of carbonyl (C=O) groups excluding carboxylic acids is 1. The van der Waals surface area contributed by atoms with Crippen LogP contribution in [-0.2, 0) is 15.6 Å². The summed E-state index contributed by atoms with van der Waals surface area (Å²) in [5.41, 5.74) is 6.26. The zero-order valence-electron chi connectivity index (χ0n) is 33.5. The Balaban J connectivity index is 1.26. The Kier molecular flexibility index (Phi) is 1.78. The van der Waals surface area contributed by atoms with Gasteiger partial charge >= 0.3 is 0 Å². The van der Waals surface area contributed by atoms with E-state index in [9.17, 15) is 0 Å². The number of benzene rings is 18. The van der Waals surface area contributed by atoms with Gasteiger partial charge in [-0.1, -0.05) is 0 Å². The molecular weight excluding hydrogens is 797 g/mol. The van der Waals surface area contributed by atoms with E-state index in [4.69, 9.17) is 0 Å². The lowest BCUT2D eigenvalue weighted by molar-refractivity contribution is -0.124. The normalized spacial score (nSPS) is 26.2. The van der Waals surface area contributed by atoms with E-state index in [1.165, 1.54) is 0 Å². The maximum atomic E-state index is 15.6. The minimum absolute atomic E-state index is 0.0262. The van der Waals surface area contributed by atoms with Gasteiger partial charge in [-0.25, -0.2) is 0 Å². The average molecular weight is 803 g/mol. The van der Waals surface area contributed by atoms with Crippen LogP contribution in [0, 0.1) is 11.8 Å². The van der Waals surface area contributed by atoms with Gasteiger partial charge in [0.05, 0.1) is 0 Å². The molecule has 2 spiro atoms. The molecule has 0 amide bonds. The van der Waals surface area contributed by atoms with Crippen molar-refractivity contribution in [2.45, 2.75) is 23.7 Å². The Morgan fingerprint density at radius 2 is 0.364 bits per heavy atom. The van der Waals surface area contributed by atoms with Crippen molar-refractivity contribution in [3.63, 3.8) is 0 Å².